The Kier molecular flexibility index (Phi) is 8.89. The van der Waals surface area contributed by atoms with Crippen LogP contribution in [0.25, 0.3) is 10.8 Å². The van der Waals surface area contributed by atoms with Gasteiger partial charge in [0.25, 0.3) is 0 Å². The lowest BCUT2D eigenvalue weighted by Gasteiger charge is -2.34. The van der Waals surface area contributed by atoms with Crippen LogP contribution in [0.5, 0.6) is 0 Å². The summed E-state index contributed by atoms with van der Waals surface area (Å²) < 4.78 is 28.8. The molecule has 0 bridgehead atoms. The molecule has 3 aliphatic rings. The van der Waals surface area contributed by atoms with Crippen LogP contribution in [-0.2, 0) is 24.4 Å². The molecule has 0 radical (unpaired) electrons. The second kappa shape index (κ2) is 12.2. The van der Waals surface area contributed by atoms with Gasteiger partial charge in [0.2, 0.25) is 27.7 Å². The van der Waals surface area contributed by atoms with E-state index in [2.05, 4.69) is 10.2 Å². The van der Waals surface area contributed by atoms with Crippen molar-refractivity contribution in [2.45, 2.75) is 62.0 Å². The number of benzene rings is 2. The Hall–Kier alpha value is -2.73. The summed E-state index contributed by atoms with van der Waals surface area (Å²) in [5, 5.41) is 4.44. The minimum atomic E-state index is -4.24. The predicted octanol–water partition coefficient (Wildman–Crippen LogP) is 2.31. The first-order valence-electron chi connectivity index (χ1n) is 14.3. The summed E-state index contributed by atoms with van der Waals surface area (Å²) in [5.74, 6) is -1.09. The van der Waals surface area contributed by atoms with Gasteiger partial charge in [0.15, 0.2) is 0 Å². The number of carbonyl (C=O) groups is 3. The van der Waals surface area contributed by atoms with Gasteiger partial charge in [0, 0.05) is 37.7 Å². The van der Waals surface area contributed by atoms with Crippen LogP contribution in [0.1, 0.15) is 39.0 Å². The van der Waals surface area contributed by atoms with Crippen LogP contribution >= 0.6 is 11.6 Å². The molecule has 12 heteroatoms. The maximum Gasteiger partial charge on any atom is 0.245 e. The highest BCUT2D eigenvalue weighted by molar-refractivity contribution is 7.89. The fourth-order valence-corrected chi connectivity index (χ4v) is 8.15. The van der Waals surface area contributed by atoms with E-state index >= 15 is 0 Å². The van der Waals surface area contributed by atoms with E-state index in [1.54, 1.807) is 31.2 Å². The Morgan fingerprint density at radius 2 is 1.73 bits per heavy atom. The minimum absolute atomic E-state index is 0.0200. The summed E-state index contributed by atoms with van der Waals surface area (Å²) in [5.41, 5.74) is 0. The number of rotatable bonds is 9. The number of halogens is 1. The van der Waals surface area contributed by atoms with Gasteiger partial charge < -0.3 is 20.0 Å². The molecule has 0 aromatic heterocycles. The minimum Gasteiger partial charge on any atom is -0.358 e. The summed E-state index contributed by atoms with van der Waals surface area (Å²) in [6, 6.07) is 8.10. The van der Waals surface area contributed by atoms with Crippen molar-refractivity contribution in [3.05, 3.63) is 41.4 Å². The molecule has 10 nitrogen and oxygen atoms in total. The Morgan fingerprint density at radius 1 is 1.02 bits per heavy atom. The third-order valence-corrected chi connectivity index (χ3v) is 10.8. The number of hydrogen-bond acceptors (Lipinski definition) is 6. The lowest BCUT2D eigenvalue weighted by Crippen LogP contribution is -2.54. The van der Waals surface area contributed by atoms with Gasteiger partial charge in [-0.15, -0.1) is 0 Å². The maximum atomic E-state index is 13.9. The molecule has 1 N–H and O–H groups in total. The van der Waals surface area contributed by atoms with E-state index in [1.807, 2.05) is 4.90 Å². The smallest absolute Gasteiger partial charge is 0.245 e. The number of hydrogen-bond donors (Lipinski definition) is 1. The number of likely N-dealkylation sites (tertiary alicyclic amines) is 3. The Bertz CT molecular complexity index is 1430. The van der Waals surface area contributed by atoms with Gasteiger partial charge >= 0.3 is 0 Å². The van der Waals surface area contributed by atoms with E-state index in [9.17, 15) is 22.8 Å². The van der Waals surface area contributed by atoms with Crippen LogP contribution in [0.2, 0.25) is 5.02 Å². The van der Waals surface area contributed by atoms with E-state index in [1.165, 1.54) is 36.9 Å². The number of fused-ring (bicyclic) bond motifs is 1. The Labute approximate surface area is 246 Å². The summed E-state index contributed by atoms with van der Waals surface area (Å²) >= 11 is 6.08. The first-order chi connectivity index (χ1) is 19.6. The number of nitrogens with one attached hydrogen (secondary N) is 1. The number of amides is 3. The molecule has 5 rings (SSSR count). The van der Waals surface area contributed by atoms with Crippen LogP contribution in [0, 0.1) is 0 Å². The fraction of sp³-hybridized carbons (Fsp3) is 0.552. The molecule has 3 saturated heterocycles. The van der Waals surface area contributed by atoms with Crippen LogP contribution in [0.4, 0.5) is 0 Å². The van der Waals surface area contributed by atoms with Crippen molar-refractivity contribution in [2.24, 2.45) is 0 Å². The molecule has 3 heterocycles. The number of carbonyl (C=O) groups excluding carboxylic acids is 3. The van der Waals surface area contributed by atoms with E-state index < -0.39 is 40.5 Å². The van der Waals surface area contributed by atoms with Crippen molar-refractivity contribution in [3.8, 4) is 0 Å². The van der Waals surface area contributed by atoms with Gasteiger partial charge in [-0.05, 0) is 87.2 Å². The number of sulfonamides is 1. The highest BCUT2D eigenvalue weighted by Crippen LogP contribution is 2.30. The molecule has 2 aromatic rings. The summed E-state index contributed by atoms with van der Waals surface area (Å²) in [4.78, 5) is 45.6. The molecule has 2 aromatic carbocycles. The third kappa shape index (κ3) is 6.09. The monoisotopic (exact) mass is 603 g/mol. The first-order valence-corrected chi connectivity index (χ1v) is 16.2. The van der Waals surface area contributed by atoms with Crippen LogP contribution in [0.15, 0.2) is 41.3 Å². The molecular formula is C29H38ClN5O5S. The number of likely N-dealkylation sites (N-methyl/N-ethyl adjacent to an activating group) is 1. The largest absolute Gasteiger partial charge is 0.358 e. The molecular weight excluding hydrogens is 566 g/mol. The predicted molar refractivity (Wildman–Crippen MR) is 157 cm³/mol. The first kappa shape index (κ1) is 29.8. The Balaban J connectivity index is 1.36. The molecule has 3 amide bonds. The van der Waals surface area contributed by atoms with Crippen molar-refractivity contribution in [1.82, 2.24) is 24.3 Å². The van der Waals surface area contributed by atoms with Gasteiger partial charge in [-0.1, -0.05) is 23.7 Å². The Morgan fingerprint density at radius 3 is 2.46 bits per heavy atom. The van der Waals surface area contributed by atoms with Crippen molar-refractivity contribution in [2.75, 3.05) is 46.3 Å². The molecule has 3 fully saturated rings. The molecule has 41 heavy (non-hydrogen) atoms. The van der Waals surface area contributed by atoms with Crippen molar-refractivity contribution < 1.29 is 22.8 Å². The van der Waals surface area contributed by atoms with Crippen LogP contribution < -0.4 is 5.32 Å². The van der Waals surface area contributed by atoms with Gasteiger partial charge in [-0.2, -0.15) is 4.31 Å². The molecule has 0 aliphatic carbocycles. The van der Waals surface area contributed by atoms with Gasteiger partial charge in [-0.3, -0.25) is 14.4 Å². The van der Waals surface area contributed by atoms with E-state index in [4.69, 9.17) is 11.6 Å². The molecule has 3 atom stereocenters. The van der Waals surface area contributed by atoms with Crippen molar-refractivity contribution in [3.63, 3.8) is 0 Å². The molecule has 1 unspecified atom stereocenters. The molecule has 0 saturated carbocycles. The third-order valence-electron chi connectivity index (χ3n) is 8.67. The SMILES string of the molecule is CNC(=O)CN([C@@H]1CCN([C@@H](C)C(=O)N2CCCC2CN2CCCC2)C1=O)S(=O)(=O)c1ccc2cc(Cl)ccc2c1. The van der Waals surface area contributed by atoms with E-state index in [0.717, 1.165) is 42.2 Å². The van der Waals surface area contributed by atoms with Crippen LogP contribution in [-0.4, -0.2) is 110 Å². The van der Waals surface area contributed by atoms with Crippen LogP contribution in [0.3, 0.4) is 0 Å². The van der Waals surface area contributed by atoms with Gasteiger partial charge in [0.05, 0.1) is 11.4 Å². The summed E-state index contributed by atoms with van der Waals surface area (Å²) in [7, 11) is -2.82. The second-order valence-electron chi connectivity index (χ2n) is 11.2. The normalized spacial score (nSPS) is 22.7. The summed E-state index contributed by atoms with van der Waals surface area (Å²) in [6.07, 6.45) is 4.44. The number of nitrogens with zero attached hydrogens (tertiary/aromatic N) is 4. The van der Waals surface area contributed by atoms with Gasteiger partial charge in [0.1, 0.15) is 12.1 Å². The topological polar surface area (TPSA) is 110 Å². The molecule has 222 valence electrons. The quantitative estimate of drug-likeness (QED) is 0.471. The maximum absolute atomic E-state index is 13.9. The highest BCUT2D eigenvalue weighted by Gasteiger charge is 2.46. The standard InChI is InChI=1S/C29H38ClN5O5S/c1-20(28(37)34-14-5-6-24(34)18-32-12-3-4-13-32)33-15-11-26(29(33)38)35(19-27(36)31-2)41(39,40)25-10-8-21-16-23(30)9-7-22(21)17-25/h7-10,16-17,20,24,26H,3-6,11-15,18-19H2,1-2H3,(H,31,36)/t20-,24?,26+/m0/s1. The lowest BCUT2D eigenvalue weighted by atomic mass is 10.1. The lowest BCUT2D eigenvalue weighted by molar-refractivity contribution is -0.144. The summed E-state index contributed by atoms with van der Waals surface area (Å²) in [6.45, 7) is 5.08. The fourth-order valence-electron chi connectivity index (χ4n) is 6.36. The van der Waals surface area contributed by atoms with Crippen molar-refractivity contribution in [1.29, 1.82) is 0 Å². The zero-order valence-electron chi connectivity index (χ0n) is 23.6. The van der Waals surface area contributed by atoms with E-state index in [0.29, 0.717) is 17.0 Å². The van der Waals surface area contributed by atoms with Crippen molar-refractivity contribution >= 4 is 50.1 Å². The zero-order chi connectivity index (χ0) is 29.3. The van der Waals surface area contributed by atoms with E-state index in [-0.39, 0.29) is 29.8 Å². The molecule has 0 spiro atoms. The average Bonchev–Trinajstić information content (AvgIpc) is 3.72. The second-order valence-corrected chi connectivity index (χ2v) is 13.6. The average molecular weight is 604 g/mol. The highest BCUT2D eigenvalue weighted by atomic mass is 35.5. The zero-order valence-corrected chi connectivity index (χ0v) is 25.2. The molecule has 3 aliphatic heterocycles. The van der Waals surface area contributed by atoms with Gasteiger partial charge in [-0.25, -0.2) is 8.42 Å².